The van der Waals surface area contributed by atoms with Gasteiger partial charge < -0.3 is 4.74 Å². The molecule has 0 unspecified atom stereocenters. The Bertz CT molecular complexity index is 1200. The maximum Gasteiger partial charge on any atom is 0.243 e. The summed E-state index contributed by atoms with van der Waals surface area (Å²) in [7, 11) is -2.08. The van der Waals surface area contributed by atoms with Crippen molar-refractivity contribution in [1.82, 2.24) is 14.3 Å². The molecule has 1 aromatic heterocycles. The minimum atomic E-state index is -3.69. The van der Waals surface area contributed by atoms with E-state index in [-0.39, 0.29) is 11.4 Å². The van der Waals surface area contributed by atoms with Crippen LogP contribution in [0.15, 0.2) is 59.6 Å². The van der Waals surface area contributed by atoms with Crippen LogP contribution in [-0.4, -0.2) is 36.3 Å². The lowest BCUT2D eigenvalue weighted by atomic mass is 10.1. The van der Waals surface area contributed by atoms with Gasteiger partial charge in [0.05, 0.1) is 29.3 Å². The fourth-order valence-electron chi connectivity index (χ4n) is 3.25. The molecule has 0 amide bonds. The zero-order valence-corrected chi connectivity index (χ0v) is 16.6. The van der Waals surface area contributed by atoms with Crippen molar-refractivity contribution in [2.45, 2.75) is 17.9 Å². The molecule has 4 rings (SSSR count). The molecular formula is C21H18N4O3S. The van der Waals surface area contributed by atoms with Gasteiger partial charge in [-0.05, 0) is 42.5 Å². The van der Waals surface area contributed by atoms with E-state index in [1.807, 2.05) is 30.3 Å². The minimum Gasteiger partial charge on any atom is -0.497 e. The van der Waals surface area contributed by atoms with Crippen LogP contribution in [0.25, 0.3) is 11.4 Å². The Hall–Kier alpha value is -3.28. The van der Waals surface area contributed by atoms with Gasteiger partial charge in [0, 0.05) is 36.8 Å². The van der Waals surface area contributed by atoms with Crippen LogP contribution in [0.1, 0.15) is 16.8 Å². The van der Waals surface area contributed by atoms with Gasteiger partial charge in [-0.15, -0.1) is 0 Å². The van der Waals surface area contributed by atoms with E-state index in [2.05, 4.69) is 9.97 Å². The average Bonchev–Trinajstić information content (AvgIpc) is 2.78. The number of sulfonamides is 1. The third-order valence-electron chi connectivity index (χ3n) is 4.85. The first-order valence-corrected chi connectivity index (χ1v) is 10.4. The van der Waals surface area contributed by atoms with E-state index in [1.165, 1.54) is 16.4 Å². The molecule has 1 aliphatic rings. The van der Waals surface area contributed by atoms with E-state index in [1.54, 1.807) is 25.4 Å². The predicted octanol–water partition coefficient (Wildman–Crippen LogP) is 2.77. The second-order valence-electron chi connectivity index (χ2n) is 6.62. The van der Waals surface area contributed by atoms with E-state index >= 15 is 0 Å². The fraction of sp³-hybridized carbons (Fsp3) is 0.190. The molecule has 1 aliphatic heterocycles. The van der Waals surface area contributed by atoms with Crippen molar-refractivity contribution in [3.63, 3.8) is 0 Å². The van der Waals surface area contributed by atoms with Crippen LogP contribution in [0.2, 0.25) is 0 Å². The normalized spacial score (nSPS) is 14.1. The van der Waals surface area contributed by atoms with E-state index in [0.29, 0.717) is 24.4 Å². The summed E-state index contributed by atoms with van der Waals surface area (Å²) >= 11 is 0. The molecule has 0 bridgehead atoms. The van der Waals surface area contributed by atoms with Crippen molar-refractivity contribution >= 4 is 10.0 Å². The van der Waals surface area contributed by atoms with E-state index < -0.39 is 10.0 Å². The molecule has 146 valence electrons. The van der Waals surface area contributed by atoms with E-state index in [0.717, 1.165) is 22.6 Å². The Morgan fingerprint density at radius 2 is 1.97 bits per heavy atom. The highest BCUT2D eigenvalue weighted by Crippen LogP contribution is 2.26. The molecule has 7 nitrogen and oxygen atoms in total. The minimum absolute atomic E-state index is 0.121. The first-order chi connectivity index (χ1) is 14.0. The van der Waals surface area contributed by atoms with Crippen LogP contribution in [0.5, 0.6) is 5.75 Å². The van der Waals surface area contributed by atoms with Crippen molar-refractivity contribution in [2.24, 2.45) is 0 Å². The molecule has 0 N–H and O–H groups in total. The van der Waals surface area contributed by atoms with Gasteiger partial charge >= 0.3 is 0 Å². The highest BCUT2D eigenvalue weighted by molar-refractivity contribution is 7.89. The maximum atomic E-state index is 13.0. The molecule has 3 aromatic rings. The molecule has 2 heterocycles. The molecular weight excluding hydrogens is 388 g/mol. The zero-order valence-electron chi connectivity index (χ0n) is 15.7. The number of hydrogen-bond donors (Lipinski definition) is 0. The fourth-order valence-corrected chi connectivity index (χ4v) is 4.72. The molecule has 0 atom stereocenters. The highest BCUT2D eigenvalue weighted by Gasteiger charge is 2.29. The Balaban J connectivity index is 1.59. The molecule has 0 saturated heterocycles. The maximum absolute atomic E-state index is 13.0. The van der Waals surface area contributed by atoms with Gasteiger partial charge in [0.2, 0.25) is 10.0 Å². The van der Waals surface area contributed by atoms with Crippen molar-refractivity contribution in [3.05, 3.63) is 71.5 Å². The number of rotatable bonds is 4. The van der Waals surface area contributed by atoms with Crippen molar-refractivity contribution in [1.29, 1.82) is 5.26 Å². The zero-order chi connectivity index (χ0) is 20.4. The third-order valence-corrected chi connectivity index (χ3v) is 6.69. The monoisotopic (exact) mass is 406 g/mol. The van der Waals surface area contributed by atoms with Crippen LogP contribution in [0.3, 0.4) is 0 Å². The van der Waals surface area contributed by atoms with Gasteiger partial charge in [0.1, 0.15) is 5.75 Å². The number of hydrogen-bond acceptors (Lipinski definition) is 6. The number of methoxy groups -OCH3 is 1. The summed E-state index contributed by atoms with van der Waals surface area (Å²) in [6, 6.07) is 15.5. The van der Waals surface area contributed by atoms with Gasteiger partial charge in [-0.3, -0.25) is 0 Å². The summed E-state index contributed by atoms with van der Waals surface area (Å²) in [6.45, 7) is 0.530. The summed E-state index contributed by atoms with van der Waals surface area (Å²) in [6.07, 6.45) is 2.19. The Morgan fingerprint density at radius 3 is 2.69 bits per heavy atom. The Kier molecular flexibility index (Phi) is 5.01. The quantitative estimate of drug-likeness (QED) is 0.661. The number of nitrogens with zero attached hydrogens (tertiary/aromatic N) is 4. The summed E-state index contributed by atoms with van der Waals surface area (Å²) in [4.78, 5) is 9.18. The summed E-state index contributed by atoms with van der Waals surface area (Å²) < 4.78 is 32.5. The molecule has 8 heteroatoms. The first-order valence-electron chi connectivity index (χ1n) is 9.01. The Morgan fingerprint density at radius 1 is 1.17 bits per heavy atom. The number of benzene rings is 2. The molecule has 0 radical (unpaired) electrons. The van der Waals surface area contributed by atoms with Crippen molar-refractivity contribution in [2.75, 3.05) is 13.7 Å². The smallest absolute Gasteiger partial charge is 0.243 e. The van der Waals surface area contributed by atoms with E-state index in [9.17, 15) is 8.42 Å². The molecule has 2 aromatic carbocycles. The van der Waals surface area contributed by atoms with Gasteiger partial charge in [-0.25, -0.2) is 18.4 Å². The first kappa shape index (κ1) is 19.1. The van der Waals surface area contributed by atoms with Gasteiger partial charge in [0.15, 0.2) is 5.82 Å². The van der Waals surface area contributed by atoms with E-state index in [4.69, 9.17) is 10.00 Å². The third kappa shape index (κ3) is 3.70. The lowest BCUT2D eigenvalue weighted by Gasteiger charge is -2.27. The average molecular weight is 406 g/mol. The van der Waals surface area contributed by atoms with Gasteiger partial charge in [-0.2, -0.15) is 9.57 Å². The number of ether oxygens (including phenoxy) is 1. The van der Waals surface area contributed by atoms with Crippen molar-refractivity contribution in [3.8, 4) is 23.2 Å². The van der Waals surface area contributed by atoms with Crippen LogP contribution < -0.4 is 4.74 Å². The summed E-state index contributed by atoms with van der Waals surface area (Å²) in [5.41, 5.74) is 2.82. The van der Waals surface area contributed by atoms with Crippen LogP contribution in [0, 0.1) is 11.3 Å². The molecule has 0 spiro atoms. The molecule has 29 heavy (non-hydrogen) atoms. The number of aromatic nitrogens is 2. The predicted molar refractivity (Wildman–Crippen MR) is 106 cm³/mol. The lowest BCUT2D eigenvalue weighted by molar-refractivity contribution is 0.387. The molecule has 0 saturated carbocycles. The number of nitriles is 1. The topological polar surface area (TPSA) is 96.2 Å². The summed E-state index contributed by atoms with van der Waals surface area (Å²) in [5.74, 6) is 1.36. The SMILES string of the molecule is COc1ccc(-c2ncc3c(n2)CCN(S(=O)(=O)c2cccc(C#N)c2)C3)cc1. The van der Waals surface area contributed by atoms with Crippen LogP contribution in [-0.2, 0) is 23.0 Å². The van der Waals surface area contributed by atoms with Crippen molar-refractivity contribution < 1.29 is 13.2 Å². The lowest BCUT2D eigenvalue weighted by Crippen LogP contribution is -2.36. The Labute approximate surface area is 169 Å². The highest BCUT2D eigenvalue weighted by atomic mass is 32.2. The van der Waals surface area contributed by atoms with Gasteiger partial charge in [-0.1, -0.05) is 6.07 Å². The standard InChI is InChI=1S/C21H18N4O3S/c1-28-18-7-5-16(6-8-18)21-23-13-17-14-25(10-9-20(17)24-21)29(26,27)19-4-2-3-15(11-19)12-22/h2-8,11,13H,9-10,14H2,1H3. The largest absolute Gasteiger partial charge is 0.497 e. The molecule has 0 aliphatic carbocycles. The van der Waals surface area contributed by atoms with Crippen LogP contribution in [0.4, 0.5) is 0 Å². The van der Waals surface area contributed by atoms with Crippen LogP contribution >= 0.6 is 0 Å². The second kappa shape index (κ2) is 7.62. The number of fused-ring (bicyclic) bond motifs is 1. The van der Waals surface area contributed by atoms with Gasteiger partial charge in [0.25, 0.3) is 0 Å². The second-order valence-corrected chi connectivity index (χ2v) is 8.56. The molecule has 0 fully saturated rings. The summed E-state index contributed by atoms with van der Waals surface area (Å²) in [5, 5.41) is 9.04.